The van der Waals surface area contributed by atoms with Gasteiger partial charge in [0.05, 0.1) is 7.11 Å². The Labute approximate surface area is 73.7 Å². The van der Waals surface area contributed by atoms with E-state index >= 15 is 0 Å². The second-order valence-electron chi connectivity index (χ2n) is 3.02. The van der Waals surface area contributed by atoms with E-state index in [0.717, 1.165) is 16.9 Å². The first-order valence-corrected chi connectivity index (χ1v) is 3.95. The van der Waals surface area contributed by atoms with E-state index in [4.69, 9.17) is 4.74 Å². The molecule has 1 rings (SSSR count). The first-order chi connectivity index (χ1) is 5.63. The summed E-state index contributed by atoms with van der Waals surface area (Å²) in [7, 11) is 1.68. The number of allylic oxidation sites excluding steroid dienone is 1. The molecule has 0 atom stereocenters. The Hall–Kier alpha value is -1.24. The van der Waals surface area contributed by atoms with Crippen LogP contribution in [0.4, 0.5) is 0 Å². The molecule has 0 fully saturated rings. The molecule has 1 aromatic carbocycles. The first-order valence-electron chi connectivity index (χ1n) is 3.95. The molecule has 0 amide bonds. The van der Waals surface area contributed by atoms with Crippen LogP contribution in [0, 0.1) is 6.92 Å². The fraction of sp³-hybridized carbons (Fsp3) is 0.273. The molecule has 0 aliphatic carbocycles. The molecule has 1 aromatic rings. The molecular weight excluding hydrogens is 148 g/mol. The number of aryl methyl sites for hydroxylation is 1. The monoisotopic (exact) mass is 162 g/mol. The predicted molar refractivity (Wildman–Crippen MR) is 52.4 cm³/mol. The van der Waals surface area contributed by atoms with Gasteiger partial charge in [-0.25, -0.2) is 0 Å². The van der Waals surface area contributed by atoms with Gasteiger partial charge in [-0.3, -0.25) is 0 Å². The van der Waals surface area contributed by atoms with E-state index in [0.29, 0.717) is 0 Å². The van der Waals surface area contributed by atoms with E-state index in [2.05, 4.69) is 19.6 Å². The number of hydrogen-bond acceptors (Lipinski definition) is 1. The molecule has 0 heterocycles. The SMILES string of the molecule is C=C(C)c1cc(C)cc(OC)c1. The Bertz CT molecular complexity index is 300. The van der Waals surface area contributed by atoms with E-state index in [1.165, 1.54) is 5.56 Å². The molecular formula is C11H14O. The van der Waals surface area contributed by atoms with Crippen molar-refractivity contribution >= 4 is 5.57 Å². The smallest absolute Gasteiger partial charge is 0.119 e. The lowest BCUT2D eigenvalue weighted by molar-refractivity contribution is 0.414. The third-order valence-corrected chi connectivity index (χ3v) is 1.78. The molecule has 0 unspecified atom stereocenters. The van der Waals surface area contributed by atoms with Crippen molar-refractivity contribution in [1.82, 2.24) is 0 Å². The van der Waals surface area contributed by atoms with Crippen molar-refractivity contribution in [3.8, 4) is 5.75 Å². The average Bonchev–Trinajstić information content (AvgIpc) is 2.03. The van der Waals surface area contributed by atoms with Crippen LogP contribution in [-0.2, 0) is 0 Å². The normalized spacial score (nSPS) is 9.58. The molecule has 0 bridgehead atoms. The maximum Gasteiger partial charge on any atom is 0.119 e. The summed E-state index contributed by atoms with van der Waals surface area (Å²) in [6, 6.07) is 6.10. The van der Waals surface area contributed by atoms with E-state index in [1.807, 2.05) is 19.1 Å². The van der Waals surface area contributed by atoms with Gasteiger partial charge in [0, 0.05) is 0 Å². The highest BCUT2D eigenvalue weighted by molar-refractivity contribution is 5.63. The second kappa shape index (κ2) is 3.44. The van der Waals surface area contributed by atoms with Crippen molar-refractivity contribution in [3.63, 3.8) is 0 Å². The van der Waals surface area contributed by atoms with Crippen molar-refractivity contribution in [1.29, 1.82) is 0 Å². The van der Waals surface area contributed by atoms with E-state index in [9.17, 15) is 0 Å². The summed E-state index contributed by atoms with van der Waals surface area (Å²) < 4.78 is 5.14. The summed E-state index contributed by atoms with van der Waals surface area (Å²) in [5.74, 6) is 0.896. The molecule has 0 saturated heterocycles. The summed E-state index contributed by atoms with van der Waals surface area (Å²) in [6.07, 6.45) is 0. The molecule has 0 radical (unpaired) electrons. The zero-order valence-corrected chi connectivity index (χ0v) is 7.85. The van der Waals surface area contributed by atoms with Gasteiger partial charge >= 0.3 is 0 Å². The lowest BCUT2D eigenvalue weighted by Gasteiger charge is -2.05. The Morgan fingerprint density at radius 3 is 2.50 bits per heavy atom. The molecule has 0 saturated carbocycles. The topological polar surface area (TPSA) is 9.23 Å². The third kappa shape index (κ3) is 1.88. The van der Waals surface area contributed by atoms with Crippen LogP contribution in [-0.4, -0.2) is 7.11 Å². The number of hydrogen-bond donors (Lipinski definition) is 0. The number of ether oxygens (including phenoxy) is 1. The van der Waals surface area contributed by atoms with E-state index in [1.54, 1.807) is 7.11 Å². The summed E-state index contributed by atoms with van der Waals surface area (Å²) >= 11 is 0. The molecule has 0 aromatic heterocycles. The van der Waals surface area contributed by atoms with Gasteiger partial charge < -0.3 is 4.74 Å². The minimum atomic E-state index is 0.896. The van der Waals surface area contributed by atoms with Crippen molar-refractivity contribution in [2.24, 2.45) is 0 Å². The van der Waals surface area contributed by atoms with Crippen LogP contribution in [0.25, 0.3) is 5.57 Å². The van der Waals surface area contributed by atoms with Gasteiger partial charge in [0.15, 0.2) is 0 Å². The molecule has 0 N–H and O–H groups in total. The molecule has 1 nitrogen and oxygen atoms in total. The maximum absolute atomic E-state index is 5.14. The highest BCUT2D eigenvalue weighted by atomic mass is 16.5. The second-order valence-corrected chi connectivity index (χ2v) is 3.02. The van der Waals surface area contributed by atoms with Crippen molar-refractivity contribution < 1.29 is 4.74 Å². The molecule has 0 spiro atoms. The molecule has 64 valence electrons. The Balaban J connectivity index is 3.15. The van der Waals surface area contributed by atoms with E-state index < -0.39 is 0 Å². The zero-order chi connectivity index (χ0) is 9.14. The Morgan fingerprint density at radius 1 is 1.33 bits per heavy atom. The van der Waals surface area contributed by atoms with Crippen molar-refractivity contribution in [2.45, 2.75) is 13.8 Å². The Kier molecular flexibility index (Phi) is 2.54. The van der Waals surface area contributed by atoms with Crippen LogP contribution in [0.5, 0.6) is 5.75 Å². The fourth-order valence-electron chi connectivity index (χ4n) is 1.11. The quantitative estimate of drug-likeness (QED) is 0.649. The Morgan fingerprint density at radius 2 is 2.00 bits per heavy atom. The lowest BCUT2D eigenvalue weighted by Crippen LogP contribution is -1.86. The lowest BCUT2D eigenvalue weighted by atomic mass is 10.1. The maximum atomic E-state index is 5.14. The van der Waals surface area contributed by atoms with Gasteiger partial charge in [-0.1, -0.05) is 18.2 Å². The largest absolute Gasteiger partial charge is 0.497 e. The summed E-state index contributed by atoms with van der Waals surface area (Å²) in [5.41, 5.74) is 3.41. The van der Waals surface area contributed by atoms with Gasteiger partial charge in [-0.05, 0) is 37.1 Å². The van der Waals surface area contributed by atoms with Crippen LogP contribution in [0.1, 0.15) is 18.1 Å². The average molecular weight is 162 g/mol. The van der Waals surface area contributed by atoms with Crippen molar-refractivity contribution in [2.75, 3.05) is 7.11 Å². The van der Waals surface area contributed by atoms with Crippen LogP contribution >= 0.6 is 0 Å². The number of benzene rings is 1. The molecule has 0 aliphatic rings. The third-order valence-electron chi connectivity index (χ3n) is 1.78. The fourth-order valence-corrected chi connectivity index (χ4v) is 1.11. The predicted octanol–water partition coefficient (Wildman–Crippen LogP) is 3.04. The van der Waals surface area contributed by atoms with Gasteiger partial charge in [-0.15, -0.1) is 0 Å². The van der Waals surface area contributed by atoms with Gasteiger partial charge in [0.2, 0.25) is 0 Å². The standard InChI is InChI=1S/C11H14O/c1-8(2)10-5-9(3)6-11(7-10)12-4/h5-7H,1H2,2-4H3. The van der Waals surface area contributed by atoms with E-state index in [-0.39, 0.29) is 0 Å². The zero-order valence-electron chi connectivity index (χ0n) is 7.85. The van der Waals surface area contributed by atoms with Gasteiger partial charge in [0.25, 0.3) is 0 Å². The van der Waals surface area contributed by atoms with Crippen LogP contribution in [0.3, 0.4) is 0 Å². The summed E-state index contributed by atoms with van der Waals surface area (Å²) in [5, 5.41) is 0. The summed E-state index contributed by atoms with van der Waals surface area (Å²) in [6.45, 7) is 7.93. The van der Waals surface area contributed by atoms with Gasteiger partial charge in [0.1, 0.15) is 5.75 Å². The minimum absolute atomic E-state index is 0.896. The minimum Gasteiger partial charge on any atom is -0.497 e. The molecule has 0 aliphatic heterocycles. The molecule has 1 heteroatoms. The molecule has 12 heavy (non-hydrogen) atoms. The first kappa shape index (κ1) is 8.85. The number of rotatable bonds is 2. The van der Waals surface area contributed by atoms with Crippen molar-refractivity contribution in [3.05, 3.63) is 35.9 Å². The highest BCUT2D eigenvalue weighted by Crippen LogP contribution is 2.20. The summed E-state index contributed by atoms with van der Waals surface area (Å²) in [4.78, 5) is 0. The van der Waals surface area contributed by atoms with Crippen LogP contribution in [0.2, 0.25) is 0 Å². The van der Waals surface area contributed by atoms with Crippen LogP contribution in [0.15, 0.2) is 24.8 Å². The van der Waals surface area contributed by atoms with Crippen LogP contribution < -0.4 is 4.74 Å². The highest BCUT2D eigenvalue weighted by Gasteiger charge is 1.98. The van der Waals surface area contributed by atoms with Gasteiger partial charge in [-0.2, -0.15) is 0 Å². The number of methoxy groups -OCH3 is 1.